The minimum absolute atomic E-state index is 0.234. The molecule has 0 spiro atoms. The zero-order valence-corrected chi connectivity index (χ0v) is 11.7. The average molecular weight is 275 g/mol. The van der Waals surface area contributed by atoms with Crippen molar-refractivity contribution < 1.29 is 13.9 Å². The van der Waals surface area contributed by atoms with E-state index in [1.54, 1.807) is 13.2 Å². The van der Waals surface area contributed by atoms with Crippen LogP contribution >= 0.6 is 0 Å². The van der Waals surface area contributed by atoms with Crippen molar-refractivity contribution in [3.63, 3.8) is 0 Å². The van der Waals surface area contributed by atoms with Crippen LogP contribution in [0.2, 0.25) is 0 Å². The van der Waals surface area contributed by atoms with Gasteiger partial charge in [-0.3, -0.25) is 0 Å². The molecule has 3 nitrogen and oxygen atoms in total. The fourth-order valence-corrected chi connectivity index (χ4v) is 2.02. The standard InChI is InChI=1S/C16H18FNO2/c1-11-3-5-15(19-2)13(7-11)10-20-16-6-4-14(17)8-12(16)9-18/h3-8H,9-10,18H2,1-2H3. The number of halogens is 1. The van der Waals surface area contributed by atoms with E-state index in [-0.39, 0.29) is 12.4 Å². The van der Waals surface area contributed by atoms with E-state index in [9.17, 15) is 4.39 Å². The maximum Gasteiger partial charge on any atom is 0.125 e. The fraction of sp³-hybridized carbons (Fsp3) is 0.250. The third kappa shape index (κ3) is 3.27. The summed E-state index contributed by atoms with van der Waals surface area (Å²) in [4.78, 5) is 0. The molecule has 0 radical (unpaired) electrons. The quantitative estimate of drug-likeness (QED) is 0.911. The minimum Gasteiger partial charge on any atom is -0.496 e. The average Bonchev–Trinajstić information content (AvgIpc) is 2.46. The van der Waals surface area contributed by atoms with Gasteiger partial charge in [-0.2, -0.15) is 0 Å². The number of rotatable bonds is 5. The summed E-state index contributed by atoms with van der Waals surface area (Å²) in [5.41, 5.74) is 8.32. The van der Waals surface area contributed by atoms with Gasteiger partial charge in [0.1, 0.15) is 23.9 Å². The number of nitrogens with two attached hydrogens (primary N) is 1. The van der Waals surface area contributed by atoms with Crippen molar-refractivity contribution in [2.24, 2.45) is 5.73 Å². The molecule has 106 valence electrons. The molecule has 0 unspecified atom stereocenters. The first-order valence-electron chi connectivity index (χ1n) is 6.39. The lowest BCUT2D eigenvalue weighted by atomic mass is 10.1. The summed E-state index contributed by atoms with van der Waals surface area (Å²) >= 11 is 0. The third-order valence-electron chi connectivity index (χ3n) is 3.06. The molecular weight excluding hydrogens is 257 g/mol. The summed E-state index contributed by atoms with van der Waals surface area (Å²) < 4.78 is 24.2. The maximum atomic E-state index is 13.1. The lowest BCUT2D eigenvalue weighted by molar-refractivity contribution is 0.293. The molecule has 2 rings (SSSR count). The molecule has 0 fully saturated rings. The first kappa shape index (κ1) is 14.3. The SMILES string of the molecule is COc1ccc(C)cc1COc1ccc(F)cc1CN. The second-order valence-corrected chi connectivity index (χ2v) is 4.56. The molecule has 0 aliphatic heterocycles. The highest BCUT2D eigenvalue weighted by molar-refractivity contribution is 5.38. The summed E-state index contributed by atoms with van der Waals surface area (Å²) in [6.45, 7) is 2.59. The van der Waals surface area contributed by atoms with Gasteiger partial charge in [0, 0.05) is 17.7 Å². The molecule has 2 N–H and O–H groups in total. The van der Waals surface area contributed by atoms with Crippen molar-refractivity contribution in [3.8, 4) is 11.5 Å². The van der Waals surface area contributed by atoms with Gasteiger partial charge in [0.25, 0.3) is 0 Å². The van der Waals surface area contributed by atoms with Crippen molar-refractivity contribution in [2.45, 2.75) is 20.1 Å². The van der Waals surface area contributed by atoms with Gasteiger partial charge in [-0.15, -0.1) is 0 Å². The minimum atomic E-state index is -0.314. The van der Waals surface area contributed by atoms with Crippen LogP contribution in [0.5, 0.6) is 11.5 Å². The van der Waals surface area contributed by atoms with E-state index in [1.165, 1.54) is 12.1 Å². The predicted octanol–water partition coefficient (Wildman–Crippen LogP) is 3.18. The smallest absolute Gasteiger partial charge is 0.125 e. The normalized spacial score (nSPS) is 10.4. The molecule has 0 atom stereocenters. The molecule has 0 saturated carbocycles. The van der Waals surface area contributed by atoms with Crippen LogP contribution in [-0.4, -0.2) is 7.11 Å². The highest BCUT2D eigenvalue weighted by Gasteiger charge is 2.07. The molecule has 0 amide bonds. The summed E-state index contributed by atoms with van der Waals surface area (Å²) in [5.74, 6) is 1.05. The molecule has 0 aliphatic rings. The Bertz CT molecular complexity index is 599. The number of benzene rings is 2. The Morgan fingerprint density at radius 1 is 1.05 bits per heavy atom. The second kappa shape index (κ2) is 6.39. The third-order valence-corrected chi connectivity index (χ3v) is 3.06. The van der Waals surface area contributed by atoms with Crippen LogP contribution in [0.25, 0.3) is 0 Å². The molecule has 4 heteroatoms. The fourth-order valence-electron chi connectivity index (χ4n) is 2.02. The Kier molecular flexibility index (Phi) is 4.58. The van der Waals surface area contributed by atoms with Crippen LogP contribution < -0.4 is 15.2 Å². The van der Waals surface area contributed by atoms with E-state index in [1.807, 2.05) is 25.1 Å². The predicted molar refractivity (Wildman–Crippen MR) is 76.4 cm³/mol. The van der Waals surface area contributed by atoms with E-state index in [4.69, 9.17) is 15.2 Å². The summed E-state index contributed by atoms with van der Waals surface area (Å²) in [6, 6.07) is 10.2. The lowest BCUT2D eigenvalue weighted by Crippen LogP contribution is -2.04. The van der Waals surface area contributed by atoms with Crippen LogP contribution in [-0.2, 0) is 13.2 Å². The van der Waals surface area contributed by atoms with Crippen molar-refractivity contribution in [3.05, 3.63) is 58.9 Å². The van der Waals surface area contributed by atoms with Gasteiger partial charge in [0.05, 0.1) is 7.11 Å². The Hall–Kier alpha value is -2.07. The highest BCUT2D eigenvalue weighted by Crippen LogP contribution is 2.24. The van der Waals surface area contributed by atoms with Crippen LogP contribution in [0.4, 0.5) is 4.39 Å². The molecule has 0 bridgehead atoms. The number of hydrogen-bond acceptors (Lipinski definition) is 3. The van der Waals surface area contributed by atoms with E-state index in [0.29, 0.717) is 17.9 Å². The van der Waals surface area contributed by atoms with Crippen molar-refractivity contribution in [1.29, 1.82) is 0 Å². The number of aryl methyl sites for hydroxylation is 1. The number of ether oxygens (including phenoxy) is 2. The monoisotopic (exact) mass is 275 g/mol. The van der Waals surface area contributed by atoms with Crippen LogP contribution in [0.15, 0.2) is 36.4 Å². The first-order valence-corrected chi connectivity index (χ1v) is 6.39. The Labute approximate surface area is 118 Å². The van der Waals surface area contributed by atoms with Gasteiger partial charge >= 0.3 is 0 Å². The van der Waals surface area contributed by atoms with Gasteiger partial charge in [-0.25, -0.2) is 4.39 Å². The van der Waals surface area contributed by atoms with Crippen molar-refractivity contribution >= 4 is 0 Å². The number of methoxy groups -OCH3 is 1. The summed E-state index contributed by atoms with van der Waals surface area (Å²) in [6.07, 6.45) is 0. The lowest BCUT2D eigenvalue weighted by Gasteiger charge is -2.13. The topological polar surface area (TPSA) is 44.5 Å². The Morgan fingerprint density at radius 3 is 2.50 bits per heavy atom. The largest absolute Gasteiger partial charge is 0.496 e. The number of hydrogen-bond donors (Lipinski definition) is 1. The van der Waals surface area contributed by atoms with Gasteiger partial charge in [0.15, 0.2) is 0 Å². The zero-order valence-electron chi connectivity index (χ0n) is 11.7. The second-order valence-electron chi connectivity index (χ2n) is 4.56. The highest BCUT2D eigenvalue weighted by atomic mass is 19.1. The van der Waals surface area contributed by atoms with Crippen LogP contribution in [0, 0.1) is 12.7 Å². The summed E-state index contributed by atoms with van der Waals surface area (Å²) in [5, 5.41) is 0. The molecule has 0 aromatic heterocycles. The summed E-state index contributed by atoms with van der Waals surface area (Å²) in [7, 11) is 1.62. The molecule has 2 aromatic rings. The van der Waals surface area contributed by atoms with Gasteiger partial charge in [-0.05, 0) is 37.3 Å². The molecule has 2 aromatic carbocycles. The van der Waals surface area contributed by atoms with Gasteiger partial charge in [-0.1, -0.05) is 11.6 Å². The molecule has 0 heterocycles. The molecular formula is C16H18FNO2. The van der Waals surface area contributed by atoms with Crippen molar-refractivity contribution in [1.82, 2.24) is 0 Å². The van der Waals surface area contributed by atoms with Crippen molar-refractivity contribution in [2.75, 3.05) is 7.11 Å². The first-order chi connectivity index (χ1) is 9.63. The Balaban J connectivity index is 2.18. The van der Waals surface area contributed by atoms with Gasteiger partial charge in [0.2, 0.25) is 0 Å². The van der Waals surface area contributed by atoms with E-state index in [2.05, 4.69) is 0 Å². The van der Waals surface area contributed by atoms with Gasteiger partial charge < -0.3 is 15.2 Å². The van der Waals surface area contributed by atoms with E-state index >= 15 is 0 Å². The molecule has 0 saturated heterocycles. The Morgan fingerprint density at radius 2 is 1.80 bits per heavy atom. The van der Waals surface area contributed by atoms with E-state index in [0.717, 1.165) is 16.9 Å². The zero-order chi connectivity index (χ0) is 14.5. The van der Waals surface area contributed by atoms with Crippen LogP contribution in [0.1, 0.15) is 16.7 Å². The van der Waals surface area contributed by atoms with Crippen LogP contribution in [0.3, 0.4) is 0 Å². The molecule has 20 heavy (non-hydrogen) atoms. The maximum absolute atomic E-state index is 13.1. The molecule has 0 aliphatic carbocycles. The van der Waals surface area contributed by atoms with E-state index < -0.39 is 0 Å².